The van der Waals surface area contributed by atoms with Crippen molar-refractivity contribution in [2.24, 2.45) is 0 Å². The molecule has 4 nitrogen and oxygen atoms in total. The van der Waals surface area contributed by atoms with Gasteiger partial charge in [-0.3, -0.25) is 14.5 Å². The van der Waals surface area contributed by atoms with Gasteiger partial charge in [-0.05, 0) is 54.8 Å². The molecule has 1 N–H and O–H groups in total. The van der Waals surface area contributed by atoms with E-state index in [2.05, 4.69) is 5.32 Å². The second kappa shape index (κ2) is 10.3. The van der Waals surface area contributed by atoms with E-state index in [-0.39, 0.29) is 24.1 Å². The Bertz CT molecular complexity index is 1000. The van der Waals surface area contributed by atoms with Gasteiger partial charge in [-0.15, -0.1) is 0 Å². The monoisotopic (exact) mass is 440 g/mol. The maximum Gasteiger partial charge on any atom is 0.266 e. The van der Waals surface area contributed by atoms with Crippen LogP contribution in [0.4, 0.5) is 10.1 Å². The highest BCUT2D eigenvalue weighted by Crippen LogP contribution is 2.32. The molecule has 1 aliphatic rings. The van der Waals surface area contributed by atoms with Crippen LogP contribution in [0.2, 0.25) is 0 Å². The fourth-order valence-corrected chi connectivity index (χ4v) is 4.27. The average Bonchev–Trinajstić information content (AvgIpc) is 2.97. The van der Waals surface area contributed by atoms with Crippen LogP contribution in [0.15, 0.2) is 71.2 Å². The molecule has 2 aromatic rings. The minimum atomic E-state index is -0.357. The SMILES string of the molecule is CC(=Cc1ccccc1)C=C1SC(=S)N(CCCC(=O)Nc2ccc(F)cc2)C1=O. The highest BCUT2D eigenvalue weighted by molar-refractivity contribution is 8.26. The molecule has 1 heterocycles. The van der Waals surface area contributed by atoms with E-state index in [9.17, 15) is 14.0 Å². The van der Waals surface area contributed by atoms with Crippen molar-refractivity contribution in [2.45, 2.75) is 19.8 Å². The number of thioether (sulfide) groups is 1. The number of halogens is 1. The van der Waals surface area contributed by atoms with Crippen molar-refractivity contribution in [3.63, 3.8) is 0 Å². The van der Waals surface area contributed by atoms with E-state index in [1.807, 2.05) is 49.4 Å². The van der Waals surface area contributed by atoms with E-state index in [0.717, 1.165) is 11.1 Å². The molecule has 7 heteroatoms. The molecule has 2 aromatic carbocycles. The number of amides is 2. The van der Waals surface area contributed by atoms with Crippen LogP contribution in [-0.2, 0) is 9.59 Å². The smallest absolute Gasteiger partial charge is 0.266 e. The highest BCUT2D eigenvalue weighted by Gasteiger charge is 2.31. The standard InChI is InChI=1S/C23H21FN2O2S2/c1-16(14-17-6-3-2-4-7-17)15-20-22(28)26(23(29)30-20)13-5-8-21(27)25-19-11-9-18(24)10-12-19/h2-4,6-7,9-12,14-15H,5,8,13H2,1H3,(H,25,27). The number of anilines is 1. The first-order valence-corrected chi connectivity index (χ1v) is 10.7. The lowest BCUT2D eigenvalue weighted by Crippen LogP contribution is -2.29. The molecule has 0 unspecified atom stereocenters. The largest absolute Gasteiger partial charge is 0.326 e. The first kappa shape index (κ1) is 21.9. The number of allylic oxidation sites excluding steroid dienone is 2. The number of hydrogen-bond donors (Lipinski definition) is 1. The number of nitrogens with zero attached hydrogens (tertiary/aromatic N) is 1. The molecule has 1 aliphatic heterocycles. The summed E-state index contributed by atoms with van der Waals surface area (Å²) >= 11 is 6.62. The van der Waals surface area contributed by atoms with Gasteiger partial charge in [0.15, 0.2) is 0 Å². The Labute approximate surface area is 184 Å². The summed E-state index contributed by atoms with van der Waals surface area (Å²) in [6, 6.07) is 15.5. The number of rotatable bonds is 7. The second-order valence-electron chi connectivity index (χ2n) is 6.79. The van der Waals surface area contributed by atoms with Crippen LogP contribution in [-0.4, -0.2) is 27.6 Å². The van der Waals surface area contributed by atoms with Crippen molar-refractivity contribution < 1.29 is 14.0 Å². The lowest BCUT2D eigenvalue weighted by Gasteiger charge is -2.14. The Morgan fingerprint density at radius 3 is 2.57 bits per heavy atom. The third kappa shape index (κ3) is 6.11. The summed E-state index contributed by atoms with van der Waals surface area (Å²) < 4.78 is 13.4. The zero-order valence-corrected chi connectivity index (χ0v) is 18.1. The fourth-order valence-electron chi connectivity index (χ4n) is 2.91. The maximum absolute atomic E-state index is 12.9. The van der Waals surface area contributed by atoms with Crippen molar-refractivity contribution in [3.8, 4) is 0 Å². The van der Waals surface area contributed by atoms with Crippen LogP contribution in [0, 0.1) is 5.82 Å². The minimum absolute atomic E-state index is 0.134. The molecule has 0 bridgehead atoms. The van der Waals surface area contributed by atoms with E-state index in [1.165, 1.54) is 40.9 Å². The molecular formula is C23H21FN2O2S2. The maximum atomic E-state index is 12.9. The molecule has 0 radical (unpaired) electrons. The first-order chi connectivity index (χ1) is 14.4. The summed E-state index contributed by atoms with van der Waals surface area (Å²) in [4.78, 5) is 26.9. The number of thiocarbonyl (C=S) groups is 1. The number of carbonyl (C=O) groups excluding carboxylic acids is 2. The summed E-state index contributed by atoms with van der Waals surface area (Å²) in [5.41, 5.74) is 2.56. The molecule has 3 rings (SSSR count). The van der Waals surface area contributed by atoms with Gasteiger partial charge >= 0.3 is 0 Å². The van der Waals surface area contributed by atoms with Gasteiger partial charge < -0.3 is 5.32 Å². The molecule has 1 fully saturated rings. The zero-order valence-electron chi connectivity index (χ0n) is 16.4. The van der Waals surface area contributed by atoms with Gasteiger partial charge in [0.1, 0.15) is 10.1 Å². The van der Waals surface area contributed by atoms with Crippen LogP contribution in [0.1, 0.15) is 25.3 Å². The summed E-state index contributed by atoms with van der Waals surface area (Å²) in [5, 5.41) is 2.71. The van der Waals surface area contributed by atoms with E-state index >= 15 is 0 Å². The highest BCUT2D eigenvalue weighted by atomic mass is 32.2. The van der Waals surface area contributed by atoms with Gasteiger partial charge in [-0.25, -0.2) is 4.39 Å². The summed E-state index contributed by atoms with van der Waals surface area (Å²) in [5.74, 6) is -0.682. The third-order valence-corrected chi connectivity index (χ3v) is 5.72. The Morgan fingerprint density at radius 2 is 1.87 bits per heavy atom. The predicted octanol–water partition coefficient (Wildman–Crippen LogP) is 5.39. The molecule has 0 aliphatic carbocycles. The van der Waals surface area contributed by atoms with E-state index in [1.54, 1.807) is 0 Å². The molecule has 0 atom stereocenters. The van der Waals surface area contributed by atoms with Gasteiger partial charge in [0, 0.05) is 18.7 Å². The zero-order chi connectivity index (χ0) is 21.5. The Hall–Kier alpha value is -2.77. The molecular weight excluding hydrogens is 419 g/mol. The van der Waals surface area contributed by atoms with Crippen molar-refractivity contribution in [3.05, 3.63) is 82.5 Å². The lowest BCUT2D eigenvalue weighted by molar-refractivity contribution is -0.122. The van der Waals surface area contributed by atoms with Crippen molar-refractivity contribution >= 4 is 51.9 Å². The van der Waals surface area contributed by atoms with Gasteiger partial charge in [0.2, 0.25) is 5.91 Å². The first-order valence-electron chi connectivity index (χ1n) is 9.46. The average molecular weight is 441 g/mol. The Balaban J connectivity index is 1.52. The van der Waals surface area contributed by atoms with Crippen LogP contribution >= 0.6 is 24.0 Å². The predicted molar refractivity (Wildman–Crippen MR) is 124 cm³/mol. The van der Waals surface area contributed by atoms with E-state index in [4.69, 9.17) is 12.2 Å². The van der Waals surface area contributed by atoms with Crippen molar-refractivity contribution in [1.29, 1.82) is 0 Å². The number of benzene rings is 2. The van der Waals surface area contributed by atoms with Crippen LogP contribution in [0.3, 0.4) is 0 Å². The summed E-state index contributed by atoms with van der Waals surface area (Å²) in [6.45, 7) is 2.32. The minimum Gasteiger partial charge on any atom is -0.326 e. The van der Waals surface area contributed by atoms with Gasteiger partial charge in [0.05, 0.1) is 4.91 Å². The van der Waals surface area contributed by atoms with E-state index in [0.29, 0.717) is 27.9 Å². The molecule has 1 saturated heterocycles. The molecule has 0 spiro atoms. The number of carbonyl (C=O) groups is 2. The normalized spacial score (nSPS) is 15.7. The van der Waals surface area contributed by atoms with Gasteiger partial charge in [-0.1, -0.05) is 60.4 Å². The van der Waals surface area contributed by atoms with Crippen molar-refractivity contribution in [2.75, 3.05) is 11.9 Å². The molecule has 0 aromatic heterocycles. The summed E-state index contributed by atoms with van der Waals surface area (Å²) in [7, 11) is 0. The number of hydrogen-bond acceptors (Lipinski definition) is 4. The van der Waals surface area contributed by atoms with E-state index < -0.39 is 0 Å². The lowest BCUT2D eigenvalue weighted by atomic mass is 10.1. The molecule has 154 valence electrons. The number of nitrogens with one attached hydrogen (secondary N) is 1. The van der Waals surface area contributed by atoms with Crippen LogP contribution in [0.5, 0.6) is 0 Å². The second-order valence-corrected chi connectivity index (χ2v) is 8.47. The Kier molecular flexibility index (Phi) is 7.54. The van der Waals surface area contributed by atoms with Crippen LogP contribution < -0.4 is 5.32 Å². The van der Waals surface area contributed by atoms with Crippen LogP contribution in [0.25, 0.3) is 6.08 Å². The van der Waals surface area contributed by atoms with Gasteiger partial charge in [-0.2, -0.15) is 0 Å². The quantitative estimate of drug-likeness (QED) is 0.463. The molecule has 0 saturated carbocycles. The summed E-state index contributed by atoms with van der Waals surface area (Å²) in [6.07, 6.45) is 4.56. The molecule has 2 amide bonds. The topological polar surface area (TPSA) is 49.4 Å². The fraction of sp³-hybridized carbons (Fsp3) is 0.174. The molecule has 30 heavy (non-hydrogen) atoms. The van der Waals surface area contributed by atoms with Gasteiger partial charge in [0.25, 0.3) is 5.91 Å². The van der Waals surface area contributed by atoms with Crippen molar-refractivity contribution in [1.82, 2.24) is 4.90 Å². The third-order valence-electron chi connectivity index (χ3n) is 4.34. The Morgan fingerprint density at radius 1 is 1.17 bits per heavy atom.